The Bertz CT molecular complexity index is 357. The van der Waals surface area contributed by atoms with E-state index in [1.54, 1.807) is 0 Å². The highest BCUT2D eigenvalue weighted by molar-refractivity contribution is 9.10. The van der Waals surface area contributed by atoms with E-state index in [9.17, 15) is 13.6 Å². The van der Waals surface area contributed by atoms with Gasteiger partial charge in [-0.25, -0.2) is 13.6 Å². The number of hydrogen-bond acceptors (Lipinski definition) is 3. The van der Waals surface area contributed by atoms with Crippen LogP contribution in [-0.2, 0) is 4.74 Å². The Balaban J connectivity index is 3.15. The lowest BCUT2D eigenvalue weighted by Gasteiger charge is -2.04. The van der Waals surface area contributed by atoms with Crippen LogP contribution in [0.3, 0.4) is 0 Å². The first kappa shape index (κ1) is 11.0. The smallest absolute Gasteiger partial charge is 0.339 e. The summed E-state index contributed by atoms with van der Waals surface area (Å²) in [5.41, 5.74) is -0.411. The molecule has 0 saturated heterocycles. The second kappa shape index (κ2) is 4.45. The Morgan fingerprint density at radius 2 is 2.29 bits per heavy atom. The van der Waals surface area contributed by atoms with Crippen molar-refractivity contribution in [1.29, 1.82) is 0 Å². The molecule has 0 radical (unpaired) electrons. The molecule has 1 heterocycles. The van der Waals surface area contributed by atoms with Crippen molar-refractivity contribution in [2.24, 2.45) is 0 Å². The van der Waals surface area contributed by atoms with Crippen LogP contribution in [0.4, 0.5) is 8.78 Å². The van der Waals surface area contributed by atoms with Gasteiger partial charge in [0, 0.05) is 6.20 Å². The number of pyridine rings is 1. The minimum Gasteiger partial charge on any atom is -0.465 e. The molecule has 6 heteroatoms. The molecule has 0 aromatic carbocycles. The zero-order valence-corrected chi connectivity index (χ0v) is 8.72. The third-order valence-corrected chi connectivity index (χ3v) is 2.14. The average Bonchev–Trinajstić information content (AvgIpc) is 2.17. The molecule has 1 aromatic heterocycles. The average molecular weight is 266 g/mol. The van der Waals surface area contributed by atoms with Crippen molar-refractivity contribution in [1.82, 2.24) is 4.98 Å². The maximum absolute atomic E-state index is 12.2. The van der Waals surface area contributed by atoms with Crippen molar-refractivity contribution < 1.29 is 18.3 Å². The molecule has 0 atom stereocenters. The summed E-state index contributed by atoms with van der Waals surface area (Å²) in [6.45, 7) is 0. The number of carbonyl (C=O) groups is 1. The van der Waals surface area contributed by atoms with Crippen LogP contribution in [0.15, 0.2) is 16.7 Å². The fourth-order valence-corrected chi connectivity index (χ4v) is 1.22. The van der Waals surface area contributed by atoms with Crippen LogP contribution < -0.4 is 0 Å². The van der Waals surface area contributed by atoms with E-state index in [2.05, 4.69) is 25.7 Å². The van der Waals surface area contributed by atoms with E-state index in [0.29, 0.717) is 4.47 Å². The normalized spacial score (nSPS) is 10.4. The van der Waals surface area contributed by atoms with Gasteiger partial charge in [-0.15, -0.1) is 0 Å². The van der Waals surface area contributed by atoms with Gasteiger partial charge < -0.3 is 4.74 Å². The number of ether oxygens (including phenoxy) is 1. The number of nitrogens with zero attached hydrogens (tertiary/aromatic N) is 1. The molecule has 0 unspecified atom stereocenters. The molecule has 3 nitrogen and oxygen atoms in total. The number of esters is 1. The molecule has 0 N–H and O–H groups in total. The van der Waals surface area contributed by atoms with Gasteiger partial charge in [0.1, 0.15) is 5.69 Å². The SMILES string of the molecule is COC(=O)c1cc(C(F)F)ncc1Br. The summed E-state index contributed by atoms with van der Waals surface area (Å²) in [5, 5.41) is 0. The monoisotopic (exact) mass is 265 g/mol. The molecule has 0 spiro atoms. The Kier molecular flexibility index (Phi) is 3.51. The maximum Gasteiger partial charge on any atom is 0.339 e. The number of rotatable bonds is 2. The standard InChI is InChI=1S/C8H6BrF2NO2/c1-14-8(13)4-2-6(7(10)11)12-3-5(4)9/h2-3,7H,1H3. The van der Waals surface area contributed by atoms with E-state index in [1.807, 2.05) is 0 Å². The third-order valence-electron chi connectivity index (χ3n) is 1.51. The molecule has 0 bridgehead atoms. The van der Waals surface area contributed by atoms with Gasteiger partial charge in [0.2, 0.25) is 0 Å². The van der Waals surface area contributed by atoms with E-state index < -0.39 is 18.1 Å². The quantitative estimate of drug-likeness (QED) is 0.772. The molecular weight excluding hydrogens is 260 g/mol. The predicted octanol–water partition coefficient (Wildman–Crippen LogP) is 2.57. The Morgan fingerprint density at radius 1 is 1.64 bits per heavy atom. The fraction of sp³-hybridized carbons (Fsp3) is 0.250. The molecule has 0 aliphatic carbocycles. The second-order valence-electron chi connectivity index (χ2n) is 2.38. The summed E-state index contributed by atoms with van der Waals surface area (Å²) in [6.07, 6.45) is -1.56. The van der Waals surface area contributed by atoms with Gasteiger partial charge in [-0.05, 0) is 22.0 Å². The van der Waals surface area contributed by atoms with Gasteiger partial charge in [0.25, 0.3) is 6.43 Å². The molecule has 1 rings (SSSR count). The van der Waals surface area contributed by atoms with Gasteiger partial charge in [-0.2, -0.15) is 0 Å². The molecule has 0 saturated carbocycles. The van der Waals surface area contributed by atoms with Gasteiger partial charge in [-0.3, -0.25) is 4.98 Å². The van der Waals surface area contributed by atoms with Gasteiger partial charge in [-0.1, -0.05) is 0 Å². The van der Waals surface area contributed by atoms with Crippen molar-refractivity contribution in [3.63, 3.8) is 0 Å². The number of halogens is 3. The van der Waals surface area contributed by atoms with E-state index in [4.69, 9.17) is 0 Å². The lowest BCUT2D eigenvalue weighted by atomic mass is 10.2. The van der Waals surface area contributed by atoms with Crippen LogP contribution in [0.2, 0.25) is 0 Å². The molecule has 76 valence electrons. The predicted molar refractivity (Wildman–Crippen MR) is 48.2 cm³/mol. The number of hydrogen-bond donors (Lipinski definition) is 0. The van der Waals surface area contributed by atoms with Crippen molar-refractivity contribution in [3.05, 3.63) is 28.0 Å². The van der Waals surface area contributed by atoms with Gasteiger partial charge in [0.15, 0.2) is 0 Å². The van der Waals surface area contributed by atoms with Crippen molar-refractivity contribution >= 4 is 21.9 Å². The highest BCUT2D eigenvalue weighted by Gasteiger charge is 2.16. The van der Waals surface area contributed by atoms with E-state index in [0.717, 1.165) is 12.3 Å². The lowest BCUT2D eigenvalue weighted by molar-refractivity contribution is 0.0599. The van der Waals surface area contributed by atoms with Gasteiger partial charge >= 0.3 is 5.97 Å². The maximum atomic E-state index is 12.2. The number of methoxy groups -OCH3 is 1. The highest BCUT2D eigenvalue weighted by Crippen LogP contribution is 2.22. The second-order valence-corrected chi connectivity index (χ2v) is 3.24. The molecule has 14 heavy (non-hydrogen) atoms. The Labute approximate surface area is 87.2 Å². The zero-order valence-electron chi connectivity index (χ0n) is 7.13. The first-order valence-electron chi connectivity index (χ1n) is 3.58. The number of alkyl halides is 2. The Morgan fingerprint density at radius 3 is 2.79 bits per heavy atom. The summed E-state index contributed by atoms with van der Waals surface area (Å²) in [4.78, 5) is 14.5. The number of carbonyl (C=O) groups excluding carboxylic acids is 1. The molecule has 1 aromatic rings. The summed E-state index contributed by atoms with van der Waals surface area (Å²) >= 11 is 3.01. The largest absolute Gasteiger partial charge is 0.465 e. The topological polar surface area (TPSA) is 39.2 Å². The third kappa shape index (κ3) is 2.25. The van der Waals surface area contributed by atoms with Crippen LogP contribution in [-0.4, -0.2) is 18.1 Å². The van der Waals surface area contributed by atoms with Crippen LogP contribution in [0.1, 0.15) is 22.5 Å². The minimum atomic E-state index is -2.70. The summed E-state index contributed by atoms with van der Waals surface area (Å²) < 4.78 is 29.2. The lowest BCUT2D eigenvalue weighted by Crippen LogP contribution is -2.04. The van der Waals surface area contributed by atoms with E-state index >= 15 is 0 Å². The van der Waals surface area contributed by atoms with Crippen LogP contribution in [0, 0.1) is 0 Å². The molecule has 0 fully saturated rings. The van der Waals surface area contributed by atoms with Crippen LogP contribution in [0.5, 0.6) is 0 Å². The fourth-order valence-electron chi connectivity index (χ4n) is 0.841. The van der Waals surface area contributed by atoms with Gasteiger partial charge in [0.05, 0.1) is 17.1 Å². The van der Waals surface area contributed by atoms with E-state index in [-0.39, 0.29) is 5.56 Å². The minimum absolute atomic E-state index is 0.0396. The van der Waals surface area contributed by atoms with Crippen molar-refractivity contribution in [3.8, 4) is 0 Å². The van der Waals surface area contributed by atoms with Crippen molar-refractivity contribution in [2.45, 2.75) is 6.43 Å². The molecule has 0 aliphatic heterocycles. The Hall–Kier alpha value is -1.04. The zero-order chi connectivity index (χ0) is 10.7. The van der Waals surface area contributed by atoms with E-state index in [1.165, 1.54) is 7.11 Å². The molecule has 0 amide bonds. The van der Waals surface area contributed by atoms with Crippen LogP contribution in [0.25, 0.3) is 0 Å². The first-order chi connectivity index (χ1) is 6.56. The number of aromatic nitrogens is 1. The first-order valence-corrected chi connectivity index (χ1v) is 4.37. The summed E-state index contributed by atoms with van der Waals surface area (Å²) in [7, 11) is 1.18. The van der Waals surface area contributed by atoms with Crippen LogP contribution >= 0.6 is 15.9 Å². The summed E-state index contributed by atoms with van der Waals surface area (Å²) in [6, 6.07) is 1.00. The molecular formula is C8H6BrF2NO2. The molecule has 0 aliphatic rings. The van der Waals surface area contributed by atoms with Crippen molar-refractivity contribution in [2.75, 3.05) is 7.11 Å². The highest BCUT2D eigenvalue weighted by atomic mass is 79.9. The summed E-state index contributed by atoms with van der Waals surface area (Å²) in [5.74, 6) is -0.679.